The molecule has 4 saturated carbocycles. The summed E-state index contributed by atoms with van der Waals surface area (Å²) >= 11 is 62.8. The normalized spacial score (nSPS) is 64.6. The van der Waals surface area contributed by atoms with Crippen molar-refractivity contribution < 1.29 is 0 Å². The van der Waals surface area contributed by atoms with E-state index in [0.717, 1.165) is 12.8 Å². The molecule has 9 aliphatic rings. The fraction of sp³-hybridized carbons (Fsp3) is 1.00. The summed E-state index contributed by atoms with van der Waals surface area (Å²) in [7, 11) is 0. The minimum atomic E-state index is 0.0167. The Kier molecular flexibility index (Phi) is 15.7. The van der Waals surface area contributed by atoms with Crippen molar-refractivity contribution in [1.82, 2.24) is 41.1 Å². The number of halogens is 15. The van der Waals surface area contributed by atoms with Crippen molar-refractivity contribution in [1.29, 1.82) is 0 Å². The van der Waals surface area contributed by atoms with Crippen molar-refractivity contribution in [2.45, 2.75) is 130 Å². The van der Waals surface area contributed by atoms with Gasteiger partial charge in [-0.2, -0.15) is 0 Å². The summed E-state index contributed by atoms with van der Waals surface area (Å²) in [6, 6.07) is 0. The van der Waals surface area contributed by atoms with Crippen LogP contribution in [0.3, 0.4) is 0 Å². The fourth-order valence-electron chi connectivity index (χ4n) is 11.8. The Balaban J connectivity index is 1.16. The highest BCUT2D eigenvalue weighted by atomic mass is 79.9. The van der Waals surface area contributed by atoms with Crippen LogP contribution >= 0.6 is 239 Å². The molecule has 314 valence electrons. The third kappa shape index (κ3) is 7.86. The highest BCUT2D eigenvalue weighted by Crippen LogP contribution is 2.56. The predicted molar refractivity (Wildman–Crippen MR) is 278 cm³/mol. The zero-order valence-electron chi connectivity index (χ0n) is 28.4. The van der Waals surface area contributed by atoms with E-state index in [1.165, 1.54) is 0 Å². The first-order chi connectivity index (χ1) is 26.0. The first-order valence-corrected chi connectivity index (χ1v) is 32.3. The molecule has 0 aromatic heterocycles. The molecular formula is C32H41Br15N8. The molecule has 7 N–H and O–H groups in total. The molecule has 8 bridgehead atoms. The molecular weight excluding hydrogens is 1690 g/mol. The SMILES string of the molecule is BrC1CCC2C3NC(NC4C5C(Br)C(Br)C(Br)C(Br)C5C(NC5NC(NC6NC(N3)C3C(Br)C(Br)C(Br)C(Br)C63)C3C(Br)C(Br)C(Br)C(Br)C53)N4Br)C2C1Br. The maximum atomic E-state index is 4.30. The van der Waals surface area contributed by atoms with Gasteiger partial charge in [-0.15, -0.1) is 0 Å². The summed E-state index contributed by atoms with van der Waals surface area (Å²) in [4.78, 5) is 3.58. The van der Waals surface area contributed by atoms with E-state index in [4.69, 9.17) is 0 Å². The van der Waals surface area contributed by atoms with Gasteiger partial charge in [-0.1, -0.05) is 223 Å². The summed E-state index contributed by atoms with van der Waals surface area (Å²) < 4.78 is 2.43. The molecule has 9 fully saturated rings. The molecule has 30 atom stereocenters. The summed E-state index contributed by atoms with van der Waals surface area (Å²) in [5.74, 6) is 2.50. The minimum Gasteiger partial charge on any atom is -0.286 e. The van der Waals surface area contributed by atoms with Gasteiger partial charge in [0.15, 0.2) is 0 Å². The van der Waals surface area contributed by atoms with Gasteiger partial charge in [-0.05, 0) is 18.8 Å². The van der Waals surface area contributed by atoms with E-state index < -0.39 is 0 Å². The van der Waals surface area contributed by atoms with Crippen LogP contribution in [0, 0.1) is 47.3 Å². The van der Waals surface area contributed by atoms with Gasteiger partial charge in [-0.25, -0.2) is 3.93 Å². The van der Waals surface area contributed by atoms with Crippen molar-refractivity contribution in [3.63, 3.8) is 0 Å². The third-order valence-electron chi connectivity index (χ3n) is 14.4. The molecule has 0 spiro atoms. The van der Waals surface area contributed by atoms with Crippen molar-refractivity contribution in [2.75, 3.05) is 0 Å². The van der Waals surface area contributed by atoms with Crippen LogP contribution < -0.4 is 37.2 Å². The van der Waals surface area contributed by atoms with E-state index >= 15 is 0 Å². The van der Waals surface area contributed by atoms with Crippen LogP contribution in [0.5, 0.6) is 0 Å². The Labute approximate surface area is 450 Å². The monoisotopic (exact) mass is 1720 g/mol. The molecule has 55 heavy (non-hydrogen) atoms. The topological polar surface area (TPSA) is 87.4 Å². The Morgan fingerprint density at radius 3 is 0.945 bits per heavy atom. The molecule has 5 saturated heterocycles. The summed E-state index contributed by atoms with van der Waals surface area (Å²) in [5, 5.41) is 29.7. The number of rotatable bonds is 0. The zero-order chi connectivity index (χ0) is 39.3. The largest absolute Gasteiger partial charge is 0.286 e. The lowest BCUT2D eigenvalue weighted by molar-refractivity contribution is 0.176. The highest BCUT2D eigenvalue weighted by molar-refractivity contribution is 9.16. The second-order valence-corrected chi connectivity index (χ2v) is 32.6. The van der Waals surface area contributed by atoms with E-state index in [9.17, 15) is 0 Å². The molecule has 23 heteroatoms. The molecule has 4 aliphatic carbocycles. The van der Waals surface area contributed by atoms with Crippen molar-refractivity contribution in [2.24, 2.45) is 47.3 Å². The van der Waals surface area contributed by atoms with Gasteiger partial charge in [0.1, 0.15) is 0 Å². The number of nitrogens with zero attached hydrogens (tertiary/aromatic N) is 1. The van der Waals surface area contributed by atoms with Gasteiger partial charge in [0.2, 0.25) is 0 Å². The van der Waals surface area contributed by atoms with Gasteiger partial charge in [0.05, 0.1) is 49.3 Å². The molecule has 30 unspecified atom stereocenters. The van der Waals surface area contributed by atoms with E-state index in [1.54, 1.807) is 0 Å². The lowest BCUT2D eigenvalue weighted by Gasteiger charge is -2.46. The average molecular weight is 1740 g/mol. The maximum absolute atomic E-state index is 4.30. The molecule has 0 aromatic rings. The molecule has 0 aromatic carbocycles. The van der Waals surface area contributed by atoms with Crippen LogP contribution in [0.4, 0.5) is 0 Å². The van der Waals surface area contributed by atoms with Gasteiger partial charge in [-0.3, -0.25) is 37.2 Å². The lowest BCUT2D eigenvalue weighted by Crippen LogP contribution is -2.62. The number of alkyl halides is 14. The Morgan fingerprint density at radius 1 is 0.291 bits per heavy atom. The van der Waals surface area contributed by atoms with Gasteiger partial charge < -0.3 is 0 Å². The Bertz CT molecular complexity index is 1440. The van der Waals surface area contributed by atoms with Crippen molar-refractivity contribution >= 4 is 239 Å². The smallest absolute Gasteiger partial charge is 0.0772 e. The van der Waals surface area contributed by atoms with Gasteiger partial charge in [0, 0.05) is 125 Å². The van der Waals surface area contributed by atoms with Crippen LogP contribution in [-0.4, -0.2) is 121 Å². The standard InChI is InChI=1S/C32H41Br15N8/c33-4-2-1-3-5(12(4)34)26-48-25(3)49-27-6-7(14(36)20(42)19(41)13(6)35)28(50-27)51-29-8-9(16(38)22(44)21(43)15(8)37)30(52-29)54-32-11-10(31(53-26)55(32)47)17(39)23(45)24(46)18(11)40/h3-32,48-54H,1-2H2. The van der Waals surface area contributed by atoms with Gasteiger partial charge in [0.25, 0.3) is 0 Å². The van der Waals surface area contributed by atoms with Crippen molar-refractivity contribution in [3.8, 4) is 0 Å². The highest BCUT2D eigenvalue weighted by Gasteiger charge is 2.65. The van der Waals surface area contributed by atoms with E-state index in [0.29, 0.717) is 33.3 Å². The fourth-order valence-corrected chi connectivity index (χ4v) is 26.6. The molecule has 5 aliphatic heterocycles. The van der Waals surface area contributed by atoms with E-state index in [-0.39, 0.29) is 131 Å². The van der Waals surface area contributed by atoms with Gasteiger partial charge >= 0.3 is 0 Å². The molecule has 9 rings (SSSR count). The molecule has 5 heterocycles. The molecule has 0 amide bonds. The third-order valence-corrected chi connectivity index (χ3v) is 38.5. The summed E-state index contributed by atoms with van der Waals surface area (Å²) in [6.07, 6.45) is 2.71. The van der Waals surface area contributed by atoms with E-state index in [1.807, 2.05) is 0 Å². The average Bonchev–Trinajstić information content (AvgIpc) is 3.88. The van der Waals surface area contributed by atoms with Crippen LogP contribution in [0.2, 0.25) is 0 Å². The molecule has 8 nitrogen and oxygen atoms in total. The van der Waals surface area contributed by atoms with Crippen LogP contribution in [0.25, 0.3) is 0 Å². The number of fused-ring (bicyclic) bond motifs is 20. The Hall–Kier alpha value is 6.88. The zero-order valence-corrected chi connectivity index (χ0v) is 52.1. The van der Waals surface area contributed by atoms with Crippen molar-refractivity contribution in [3.05, 3.63) is 0 Å². The first kappa shape index (κ1) is 47.0. The summed E-state index contributed by atoms with van der Waals surface area (Å²) in [5.41, 5.74) is 0. The number of hydrogen-bond acceptors (Lipinski definition) is 8. The van der Waals surface area contributed by atoms with Crippen LogP contribution in [0.15, 0.2) is 0 Å². The van der Waals surface area contributed by atoms with E-state index in [2.05, 4.69) is 280 Å². The molecule has 0 radical (unpaired) electrons. The first-order valence-electron chi connectivity index (χ1n) is 18.8. The summed E-state index contributed by atoms with van der Waals surface area (Å²) in [6.45, 7) is 0. The number of nitrogens with one attached hydrogen (secondary N) is 7. The minimum absolute atomic E-state index is 0.0167. The second kappa shape index (κ2) is 18.4. The van der Waals surface area contributed by atoms with Crippen LogP contribution in [0.1, 0.15) is 12.8 Å². The Morgan fingerprint density at radius 2 is 0.582 bits per heavy atom. The quantitative estimate of drug-likeness (QED) is 0.0959. The van der Waals surface area contributed by atoms with Crippen LogP contribution in [-0.2, 0) is 0 Å². The lowest BCUT2D eigenvalue weighted by atomic mass is 9.76. The second-order valence-electron chi connectivity index (χ2n) is 16.8. The maximum Gasteiger partial charge on any atom is 0.0772 e. The predicted octanol–water partition coefficient (Wildman–Crippen LogP) is 8.86. The number of hydrogen-bond donors (Lipinski definition) is 7.